The summed E-state index contributed by atoms with van der Waals surface area (Å²) in [5.41, 5.74) is 6.52. The van der Waals surface area contributed by atoms with E-state index in [4.69, 9.17) is 17.3 Å². The molecule has 2 rings (SSSR count). The second-order valence-corrected chi connectivity index (χ2v) is 5.35. The standard InChI is InChI=1S/C13H18ClN3O2/c14-9-5-4-8-12(17(18)19)13(9)16-11-7-3-1-2-6-10(11)15/h4-5,8,10-11,16H,1-3,6-7,15H2. The predicted molar refractivity (Wildman–Crippen MR) is 76.6 cm³/mol. The number of halogens is 1. The zero-order valence-electron chi connectivity index (χ0n) is 10.6. The molecule has 0 bridgehead atoms. The van der Waals surface area contributed by atoms with Crippen molar-refractivity contribution in [2.45, 2.75) is 44.2 Å². The van der Waals surface area contributed by atoms with Gasteiger partial charge in [-0.05, 0) is 18.9 Å². The monoisotopic (exact) mass is 283 g/mol. The molecule has 1 aromatic rings. The van der Waals surface area contributed by atoms with E-state index >= 15 is 0 Å². The molecule has 5 nitrogen and oxygen atoms in total. The number of hydrogen-bond acceptors (Lipinski definition) is 4. The van der Waals surface area contributed by atoms with Crippen LogP contribution in [0.3, 0.4) is 0 Å². The summed E-state index contributed by atoms with van der Waals surface area (Å²) in [7, 11) is 0. The van der Waals surface area contributed by atoms with Crippen molar-refractivity contribution in [2.24, 2.45) is 5.73 Å². The van der Waals surface area contributed by atoms with Crippen molar-refractivity contribution in [3.8, 4) is 0 Å². The zero-order valence-corrected chi connectivity index (χ0v) is 11.4. The number of nitrogens with two attached hydrogens (primary N) is 1. The van der Waals surface area contributed by atoms with Gasteiger partial charge in [0.2, 0.25) is 0 Å². The fourth-order valence-electron chi connectivity index (χ4n) is 2.51. The SMILES string of the molecule is NC1CCCCCC1Nc1c(Cl)cccc1[N+](=O)[O-]. The number of benzene rings is 1. The van der Waals surface area contributed by atoms with Crippen LogP contribution >= 0.6 is 11.6 Å². The fraction of sp³-hybridized carbons (Fsp3) is 0.538. The third-order valence-electron chi connectivity index (χ3n) is 3.59. The molecular weight excluding hydrogens is 266 g/mol. The third-order valence-corrected chi connectivity index (χ3v) is 3.90. The summed E-state index contributed by atoms with van der Waals surface area (Å²) in [6.07, 6.45) is 5.23. The molecule has 2 unspecified atom stereocenters. The number of nitrogens with zero attached hydrogens (tertiary/aromatic N) is 1. The van der Waals surface area contributed by atoms with Gasteiger partial charge in [-0.1, -0.05) is 36.9 Å². The molecule has 0 radical (unpaired) electrons. The van der Waals surface area contributed by atoms with Gasteiger partial charge in [0.05, 0.1) is 9.95 Å². The molecular formula is C13H18ClN3O2. The van der Waals surface area contributed by atoms with Gasteiger partial charge < -0.3 is 11.1 Å². The summed E-state index contributed by atoms with van der Waals surface area (Å²) in [6, 6.07) is 4.74. The number of nitrogens with one attached hydrogen (secondary N) is 1. The molecule has 2 atom stereocenters. The molecule has 6 heteroatoms. The van der Waals surface area contributed by atoms with E-state index in [1.807, 2.05) is 0 Å². The molecule has 0 aliphatic heterocycles. The lowest BCUT2D eigenvalue weighted by molar-refractivity contribution is -0.384. The van der Waals surface area contributed by atoms with Crippen molar-refractivity contribution >= 4 is 23.0 Å². The van der Waals surface area contributed by atoms with Gasteiger partial charge in [0.15, 0.2) is 0 Å². The van der Waals surface area contributed by atoms with Crippen molar-refractivity contribution in [3.63, 3.8) is 0 Å². The average Bonchev–Trinajstić information content (AvgIpc) is 2.57. The van der Waals surface area contributed by atoms with E-state index in [0.29, 0.717) is 10.7 Å². The van der Waals surface area contributed by atoms with E-state index in [-0.39, 0.29) is 17.8 Å². The topological polar surface area (TPSA) is 81.2 Å². The Morgan fingerprint density at radius 1 is 1.32 bits per heavy atom. The Balaban J connectivity index is 2.24. The Morgan fingerprint density at radius 2 is 2.05 bits per heavy atom. The molecule has 1 saturated carbocycles. The number of nitro groups is 1. The molecule has 3 N–H and O–H groups in total. The predicted octanol–water partition coefficient (Wildman–Crippen LogP) is 3.32. The minimum absolute atomic E-state index is 0.00365. The molecule has 0 saturated heterocycles. The first kappa shape index (κ1) is 14.1. The van der Waals surface area contributed by atoms with Gasteiger partial charge in [-0.25, -0.2) is 0 Å². The first-order valence-corrected chi connectivity index (χ1v) is 6.92. The maximum Gasteiger partial charge on any atom is 0.293 e. The quantitative estimate of drug-likeness (QED) is 0.506. The van der Waals surface area contributed by atoms with Crippen LogP contribution in [-0.4, -0.2) is 17.0 Å². The Morgan fingerprint density at radius 3 is 2.79 bits per heavy atom. The zero-order chi connectivity index (χ0) is 13.8. The molecule has 0 amide bonds. The Kier molecular flexibility index (Phi) is 4.61. The molecule has 0 spiro atoms. The van der Waals surface area contributed by atoms with Gasteiger partial charge in [0.25, 0.3) is 5.69 Å². The summed E-state index contributed by atoms with van der Waals surface area (Å²) in [6.45, 7) is 0. The third kappa shape index (κ3) is 3.36. The minimum atomic E-state index is -0.420. The van der Waals surface area contributed by atoms with E-state index < -0.39 is 4.92 Å². The van der Waals surface area contributed by atoms with Crippen LogP contribution in [-0.2, 0) is 0 Å². The summed E-state index contributed by atoms with van der Waals surface area (Å²) < 4.78 is 0. The second-order valence-electron chi connectivity index (χ2n) is 4.94. The van der Waals surface area contributed by atoms with E-state index in [9.17, 15) is 10.1 Å². The molecule has 104 valence electrons. The van der Waals surface area contributed by atoms with Crippen molar-refractivity contribution in [2.75, 3.05) is 5.32 Å². The average molecular weight is 284 g/mol. The first-order chi connectivity index (χ1) is 9.09. The van der Waals surface area contributed by atoms with Crippen LogP contribution in [0.15, 0.2) is 18.2 Å². The number of rotatable bonds is 3. The number of nitro benzene ring substituents is 1. The smallest absolute Gasteiger partial charge is 0.293 e. The molecule has 19 heavy (non-hydrogen) atoms. The van der Waals surface area contributed by atoms with Gasteiger partial charge in [0.1, 0.15) is 5.69 Å². The number of hydrogen-bond donors (Lipinski definition) is 2. The van der Waals surface area contributed by atoms with E-state index in [1.165, 1.54) is 6.07 Å². The summed E-state index contributed by atoms with van der Waals surface area (Å²) in [4.78, 5) is 10.6. The molecule has 0 aromatic heterocycles. The minimum Gasteiger partial charge on any atom is -0.374 e. The highest BCUT2D eigenvalue weighted by molar-refractivity contribution is 6.33. The lowest BCUT2D eigenvalue weighted by Crippen LogP contribution is -2.39. The van der Waals surface area contributed by atoms with Gasteiger partial charge in [-0.3, -0.25) is 10.1 Å². The van der Waals surface area contributed by atoms with Crippen LogP contribution in [0.1, 0.15) is 32.1 Å². The van der Waals surface area contributed by atoms with E-state index in [2.05, 4.69) is 5.32 Å². The highest BCUT2D eigenvalue weighted by Crippen LogP contribution is 2.33. The maximum absolute atomic E-state index is 11.0. The largest absolute Gasteiger partial charge is 0.374 e. The van der Waals surface area contributed by atoms with Gasteiger partial charge in [0, 0.05) is 18.2 Å². The van der Waals surface area contributed by atoms with Crippen LogP contribution in [0.4, 0.5) is 11.4 Å². The number of anilines is 1. The lowest BCUT2D eigenvalue weighted by atomic mass is 10.0. The van der Waals surface area contributed by atoms with Gasteiger partial charge >= 0.3 is 0 Å². The summed E-state index contributed by atoms with van der Waals surface area (Å²) in [5, 5.41) is 14.6. The van der Waals surface area contributed by atoms with Crippen molar-refractivity contribution < 1.29 is 4.92 Å². The molecule has 1 aliphatic rings. The van der Waals surface area contributed by atoms with Crippen molar-refractivity contribution in [1.29, 1.82) is 0 Å². The first-order valence-electron chi connectivity index (χ1n) is 6.54. The lowest BCUT2D eigenvalue weighted by Gasteiger charge is -2.24. The Hall–Kier alpha value is -1.33. The second kappa shape index (κ2) is 6.21. The van der Waals surface area contributed by atoms with Crippen LogP contribution < -0.4 is 11.1 Å². The van der Waals surface area contributed by atoms with Crippen molar-refractivity contribution in [1.82, 2.24) is 0 Å². The Labute approximate surface area is 117 Å². The van der Waals surface area contributed by atoms with Crippen LogP contribution in [0.25, 0.3) is 0 Å². The summed E-state index contributed by atoms with van der Waals surface area (Å²) >= 11 is 6.07. The van der Waals surface area contributed by atoms with Crippen LogP contribution in [0.5, 0.6) is 0 Å². The highest BCUT2D eigenvalue weighted by Gasteiger charge is 2.24. The van der Waals surface area contributed by atoms with Crippen LogP contribution in [0, 0.1) is 10.1 Å². The van der Waals surface area contributed by atoms with Crippen LogP contribution in [0.2, 0.25) is 5.02 Å². The summed E-state index contributed by atoms with van der Waals surface area (Å²) in [5.74, 6) is 0. The van der Waals surface area contributed by atoms with Gasteiger partial charge in [-0.15, -0.1) is 0 Å². The fourth-order valence-corrected chi connectivity index (χ4v) is 2.73. The molecule has 0 heterocycles. The normalized spacial score (nSPS) is 23.7. The molecule has 1 fully saturated rings. The Bertz CT molecular complexity index is 467. The number of para-hydroxylation sites is 1. The molecule has 1 aliphatic carbocycles. The maximum atomic E-state index is 11.0. The van der Waals surface area contributed by atoms with E-state index in [1.54, 1.807) is 12.1 Å². The van der Waals surface area contributed by atoms with Crippen molar-refractivity contribution in [3.05, 3.63) is 33.3 Å². The van der Waals surface area contributed by atoms with Gasteiger partial charge in [-0.2, -0.15) is 0 Å². The molecule has 1 aromatic carbocycles. The van der Waals surface area contributed by atoms with E-state index in [0.717, 1.165) is 32.1 Å². The highest BCUT2D eigenvalue weighted by atomic mass is 35.5.